The van der Waals surface area contributed by atoms with E-state index >= 15 is 0 Å². The van der Waals surface area contributed by atoms with Crippen molar-refractivity contribution in [1.82, 2.24) is 20.9 Å². The summed E-state index contributed by atoms with van der Waals surface area (Å²) in [7, 11) is 1.60. The summed E-state index contributed by atoms with van der Waals surface area (Å²) >= 11 is 0. The van der Waals surface area contributed by atoms with E-state index in [2.05, 4.69) is 16.0 Å². The molecule has 1 aromatic heterocycles. The van der Waals surface area contributed by atoms with Crippen LogP contribution in [0.2, 0.25) is 0 Å². The van der Waals surface area contributed by atoms with Gasteiger partial charge in [0, 0.05) is 41.7 Å². The SMILES string of the molecule is COc1cc2c(-c3ccccc3)c(C)oc2cc1CN1CCNC(=O)[C@H]([C@@H](C)O)NC(=O)c2ccc(C)c(c2)OCCNC(=O)C1. The van der Waals surface area contributed by atoms with Crippen LogP contribution in [0.3, 0.4) is 0 Å². The highest BCUT2D eigenvalue weighted by molar-refractivity contribution is 5.98. The highest BCUT2D eigenvalue weighted by atomic mass is 16.5. The minimum Gasteiger partial charge on any atom is -0.496 e. The number of aliphatic hydroxyl groups excluding tert-OH is 1. The smallest absolute Gasteiger partial charge is 0.252 e. The Balaban J connectivity index is 1.40. The molecule has 0 aliphatic carbocycles. The van der Waals surface area contributed by atoms with Crippen LogP contribution in [-0.2, 0) is 16.1 Å². The number of hydrogen-bond acceptors (Lipinski definition) is 8. The van der Waals surface area contributed by atoms with Crippen molar-refractivity contribution in [2.24, 2.45) is 0 Å². The Bertz CT molecular complexity index is 1720. The van der Waals surface area contributed by atoms with Crippen molar-refractivity contribution in [3.63, 3.8) is 0 Å². The Morgan fingerprint density at radius 2 is 1.78 bits per heavy atom. The normalized spacial score (nSPS) is 17.8. The van der Waals surface area contributed by atoms with Crippen molar-refractivity contribution in [2.45, 2.75) is 39.5 Å². The largest absolute Gasteiger partial charge is 0.496 e. The minimum absolute atomic E-state index is 0.0363. The molecular weight excluding hydrogens is 588 g/mol. The molecular formula is C35H40N4O7. The highest BCUT2D eigenvalue weighted by Gasteiger charge is 2.27. The molecule has 46 heavy (non-hydrogen) atoms. The molecule has 2 bridgehead atoms. The molecule has 3 aromatic carbocycles. The van der Waals surface area contributed by atoms with Crippen molar-refractivity contribution in [3.8, 4) is 22.6 Å². The summed E-state index contributed by atoms with van der Waals surface area (Å²) in [5, 5.41) is 19.6. The molecule has 0 saturated heterocycles. The number of nitrogens with zero attached hydrogens (tertiary/aromatic N) is 1. The third kappa shape index (κ3) is 7.49. The first-order valence-corrected chi connectivity index (χ1v) is 15.3. The Labute approximate surface area is 267 Å². The maximum Gasteiger partial charge on any atom is 0.252 e. The van der Waals surface area contributed by atoms with E-state index in [1.807, 2.05) is 61.2 Å². The molecule has 11 nitrogen and oxygen atoms in total. The van der Waals surface area contributed by atoms with Crippen LogP contribution in [0.4, 0.5) is 0 Å². The average molecular weight is 629 g/mol. The second-order valence-corrected chi connectivity index (χ2v) is 11.4. The molecule has 4 aromatic rings. The van der Waals surface area contributed by atoms with Gasteiger partial charge >= 0.3 is 0 Å². The standard InChI is InChI=1S/C35H40N4O7/c1-21-10-11-25-16-28(21)45-15-13-36-31(41)20-39(14-12-37-35(43)33(22(2)40)38-34(25)42)19-26-17-30-27(18-29(26)44-4)32(23(3)46-30)24-8-6-5-7-9-24/h5-11,16-18,22,33,40H,12-15,19-20H2,1-4H3,(H,36,41)(H,37,43)(H,38,42)/t22-,33+/m1/s1. The van der Waals surface area contributed by atoms with Gasteiger partial charge in [-0.3, -0.25) is 19.3 Å². The number of methoxy groups -OCH3 is 1. The summed E-state index contributed by atoms with van der Waals surface area (Å²) in [6, 6.07) is 17.6. The van der Waals surface area contributed by atoms with E-state index in [9.17, 15) is 19.5 Å². The molecule has 0 radical (unpaired) electrons. The third-order valence-electron chi connectivity index (χ3n) is 8.00. The van der Waals surface area contributed by atoms with Crippen molar-refractivity contribution in [2.75, 3.05) is 39.9 Å². The monoisotopic (exact) mass is 628 g/mol. The fraction of sp³-hybridized carbons (Fsp3) is 0.343. The number of rotatable bonds is 5. The summed E-state index contributed by atoms with van der Waals surface area (Å²) in [4.78, 5) is 41.1. The van der Waals surface area contributed by atoms with Crippen LogP contribution in [-0.4, -0.2) is 79.8 Å². The Hall–Kier alpha value is -4.87. The van der Waals surface area contributed by atoms with Crippen molar-refractivity contribution >= 4 is 28.7 Å². The molecule has 1 aliphatic heterocycles. The van der Waals surface area contributed by atoms with Gasteiger partial charge in [-0.25, -0.2) is 0 Å². The van der Waals surface area contributed by atoms with Gasteiger partial charge in [-0.2, -0.15) is 0 Å². The zero-order valence-electron chi connectivity index (χ0n) is 26.5. The second-order valence-electron chi connectivity index (χ2n) is 11.4. The van der Waals surface area contributed by atoms with Crippen molar-refractivity contribution in [3.05, 3.63) is 83.1 Å². The molecule has 0 spiro atoms. The highest BCUT2D eigenvalue weighted by Crippen LogP contribution is 2.38. The maximum absolute atomic E-state index is 13.1. The first-order chi connectivity index (χ1) is 22.1. The minimum atomic E-state index is -1.19. The van der Waals surface area contributed by atoms with E-state index in [-0.39, 0.29) is 37.7 Å². The van der Waals surface area contributed by atoms with Gasteiger partial charge in [0.15, 0.2) is 0 Å². The first-order valence-electron chi connectivity index (χ1n) is 15.3. The average Bonchev–Trinajstić information content (AvgIpc) is 3.36. The van der Waals surface area contributed by atoms with E-state index in [0.29, 0.717) is 30.2 Å². The Kier molecular flexibility index (Phi) is 10.2. The van der Waals surface area contributed by atoms with E-state index in [0.717, 1.165) is 33.4 Å². The Morgan fingerprint density at radius 1 is 1.00 bits per heavy atom. The van der Waals surface area contributed by atoms with Gasteiger partial charge < -0.3 is 34.9 Å². The summed E-state index contributed by atoms with van der Waals surface area (Å²) < 4.78 is 17.8. The number of ether oxygens (including phenoxy) is 2. The van der Waals surface area contributed by atoms with Crippen LogP contribution >= 0.6 is 0 Å². The zero-order chi connectivity index (χ0) is 32.8. The molecule has 0 fully saturated rings. The third-order valence-corrected chi connectivity index (χ3v) is 8.00. The van der Waals surface area contributed by atoms with Gasteiger partial charge in [0.25, 0.3) is 5.91 Å². The van der Waals surface area contributed by atoms with Crippen LogP contribution in [0.5, 0.6) is 11.5 Å². The van der Waals surface area contributed by atoms with Crippen LogP contribution in [0, 0.1) is 13.8 Å². The van der Waals surface area contributed by atoms with Gasteiger partial charge in [-0.15, -0.1) is 0 Å². The molecule has 242 valence electrons. The van der Waals surface area contributed by atoms with Crippen LogP contribution in [0.1, 0.15) is 34.2 Å². The predicted octanol–water partition coefficient (Wildman–Crippen LogP) is 3.33. The molecule has 2 atom stereocenters. The van der Waals surface area contributed by atoms with Crippen molar-refractivity contribution in [1.29, 1.82) is 0 Å². The number of nitrogens with one attached hydrogen (secondary N) is 3. The lowest BCUT2D eigenvalue weighted by molar-refractivity contribution is -0.125. The van der Waals surface area contributed by atoms with Gasteiger partial charge in [-0.1, -0.05) is 36.4 Å². The van der Waals surface area contributed by atoms with Gasteiger partial charge in [0.05, 0.1) is 26.3 Å². The topological polar surface area (TPSA) is 142 Å². The van der Waals surface area contributed by atoms with E-state index < -0.39 is 24.0 Å². The molecule has 5 rings (SSSR count). The fourth-order valence-corrected chi connectivity index (χ4v) is 5.60. The lowest BCUT2D eigenvalue weighted by atomic mass is 10.0. The number of carbonyl (C=O) groups excluding carboxylic acids is 3. The molecule has 0 saturated carbocycles. The Morgan fingerprint density at radius 3 is 2.52 bits per heavy atom. The predicted molar refractivity (Wildman–Crippen MR) is 174 cm³/mol. The quantitative estimate of drug-likeness (QED) is 0.264. The van der Waals surface area contributed by atoms with Crippen LogP contribution in [0.25, 0.3) is 22.1 Å². The van der Waals surface area contributed by atoms with Crippen molar-refractivity contribution < 1.29 is 33.4 Å². The number of hydrogen-bond donors (Lipinski definition) is 4. The number of fused-ring (bicyclic) bond motifs is 3. The first kappa shape index (κ1) is 32.5. The number of furan rings is 1. The summed E-state index contributed by atoms with van der Waals surface area (Å²) in [6.45, 7) is 6.48. The number of amides is 3. The van der Waals surface area contributed by atoms with Gasteiger partial charge in [0.2, 0.25) is 11.8 Å². The molecule has 2 heterocycles. The fourth-order valence-electron chi connectivity index (χ4n) is 5.60. The lowest BCUT2D eigenvalue weighted by Crippen LogP contribution is -2.53. The van der Waals surface area contributed by atoms with E-state index in [1.165, 1.54) is 6.92 Å². The molecule has 0 unspecified atom stereocenters. The summed E-state index contributed by atoms with van der Waals surface area (Å²) in [6.07, 6.45) is -1.15. The zero-order valence-corrected chi connectivity index (χ0v) is 26.5. The number of carbonyl (C=O) groups is 3. The maximum atomic E-state index is 13.1. The van der Waals surface area contributed by atoms with Crippen LogP contribution in [0.15, 0.2) is 65.1 Å². The number of benzene rings is 3. The summed E-state index contributed by atoms with van der Waals surface area (Å²) in [5.41, 5.74) is 4.63. The molecule has 3 amide bonds. The van der Waals surface area contributed by atoms with E-state index in [4.69, 9.17) is 13.9 Å². The van der Waals surface area contributed by atoms with Crippen LogP contribution < -0.4 is 25.4 Å². The second kappa shape index (κ2) is 14.5. The number of aryl methyl sites for hydroxylation is 2. The summed E-state index contributed by atoms with van der Waals surface area (Å²) in [5.74, 6) is 0.628. The van der Waals surface area contributed by atoms with E-state index in [1.54, 1.807) is 25.3 Å². The lowest BCUT2D eigenvalue weighted by Gasteiger charge is -2.25. The van der Waals surface area contributed by atoms with Gasteiger partial charge in [-0.05, 0) is 56.2 Å². The molecule has 4 N–H and O–H groups in total. The molecule has 1 aliphatic rings. The molecule has 11 heteroatoms. The van der Waals surface area contributed by atoms with Gasteiger partial charge in [0.1, 0.15) is 35.5 Å². The number of aliphatic hydroxyl groups is 1.